The van der Waals surface area contributed by atoms with Gasteiger partial charge in [-0.1, -0.05) is 12.1 Å². The van der Waals surface area contributed by atoms with Gasteiger partial charge in [0.2, 0.25) is 0 Å². The van der Waals surface area contributed by atoms with E-state index in [2.05, 4.69) is 10.2 Å². The predicted octanol–water partition coefficient (Wildman–Crippen LogP) is 3.49. The van der Waals surface area contributed by atoms with Gasteiger partial charge in [-0.3, -0.25) is 24.8 Å². The number of aromatic nitrogens is 2. The maximum atomic E-state index is 13.5. The fourth-order valence-electron chi connectivity index (χ4n) is 4.62. The van der Waals surface area contributed by atoms with E-state index in [1.54, 1.807) is 32.0 Å². The van der Waals surface area contributed by atoms with E-state index in [1.165, 1.54) is 6.07 Å². The van der Waals surface area contributed by atoms with Crippen LogP contribution in [0.4, 0.5) is 17.1 Å². The lowest BCUT2D eigenvalue weighted by Gasteiger charge is -2.29. The zero-order valence-corrected chi connectivity index (χ0v) is 16.6. The van der Waals surface area contributed by atoms with Crippen molar-refractivity contribution in [2.75, 3.05) is 22.9 Å². The highest BCUT2D eigenvalue weighted by molar-refractivity contribution is 6.37. The molecule has 9 nitrogen and oxygen atoms in total. The molecule has 0 saturated carbocycles. The summed E-state index contributed by atoms with van der Waals surface area (Å²) in [6, 6.07) is 6.46. The van der Waals surface area contributed by atoms with E-state index in [4.69, 9.17) is 0 Å². The number of nitrogens with zero attached hydrogens (tertiary/aromatic N) is 4. The summed E-state index contributed by atoms with van der Waals surface area (Å²) in [4.78, 5) is 41.4. The average Bonchev–Trinajstić information content (AvgIpc) is 3.36. The average molecular weight is 405 g/mol. The summed E-state index contributed by atoms with van der Waals surface area (Å²) in [6.07, 6.45) is 1.90. The van der Waals surface area contributed by atoms with Crippen LogP contribution in [0, 0.1) is 24.0 Å². The molecule has 3 aromatic rings. The van der Waals surface area contributed by atoms with E-state index in [0.29, 0.717) is 52.2 Å². The van der Waals surface area contributed by atoms with Gasteiger partial charge >= 0.3 is 0 Å². The van der Waals surface area contributed by atoms with Gasteiger partial charge in [-0.05, 0) is 32.8 Å². The smallest absolute Gasteiger partial charge is 0.293 e. The van der Waals surface area contributed by atoms with Gasteiger partial charge in [0, 0.05) is 35.5 Å². The van der Waals surface area contributed by atoms with Crippen LogP contribution < -0.4 is 9.80 Å². The molecule has 0 spiro atoms. The van der Waals surface area contributed by atoms with Crippen molar-refractivity contribution in [3.05, 3.63) is 56.9 Å². The van der Waals surface area contributed by atoms with Crippen LogP contribution >= 0.6 is 0 Å². The number of benzene rings is 2. The zero-order valence-electron chi connectivity index (χ0n) is 16.6. The minimum absolute atomic E-state index is 0.111. The number of hydrogen-bond acceptors (Lipinski definition) is 6. The topological polar surface area (TPSA) is 112 Å². The van der Waals surface area contributed by atoms with E-state index in [1.807, 2.05) is 4.90 Å². The summed E-state index contributed by atoms with van der Waals surface area (Å²) in [6.45, 7) is 4.85. The molecule has 2 aliphatic heterocycles. The Hall–Kier alpha value is -3.75. The van der Waals surface area contributed by atoms with Crippen LogP contribution in [0.3, 0.4) is 0 Å². The number of nitro benzene ring substituents is 1. The molecule has 0 unspecified atom stereocenters. The molecular formula is C21H19N5O4. The van der Waals surface area contributed by atoms with Crippen molar-refractivity contribution in [3.63, 3.8) is 0 Å². The molecule has 1 fully saturated rings. The Bertz CT molecular complexity index is 1240. The van der Waals surface area contributed by atoms with Crippen LogP contribution in [0.5, 0.6) is 0 Å². The largest absolute Gasteiger partial charge is 0.365 e. The first-order valence-electron chi connectivity index (χ1n) is 9.79. The van der Waals surface area contributed by atoms with Crippen molar-refractivity contribution in [2.24, 2.45) is 0 Å². The van der Waals surface area contributed by atoms with Gasteiger partial charge in [-0.15, -0.1) is 0 Å². The van der Waals surface area contributed by atoms with Crippen LogP contribution in [-0.4, -0.2) is 40.0 Å². The fourth-order valence-corrected chi connectivity index (χ4v) is 4.62. The van der Waals surface area contributed by atoms with E-state index in [-0.39, 0.29) is 11.3 Å². The highest BCUT2D eigenvalue weighted by Crippen LogP contribution is 2.44. The van der Waals surface area contributed by atoms with Crippen LogP contribution in [0.25, 0.3) is 10.8 Å². The number of rotatable bonds is 3. The molecular weight excluding hydrogens is 386 g/mol. The lowest BCUT2D eigenvalue weighted by molar-refractivity contribution is -0.384. The Kier molecular flexibility index (Phi) is 3.89. The third-order valence-corrected chi connectivity index (χ3v) is 5.91. The van der Waals surface area contributed by atoms with Gasteiger partial charge in [0.1, 0.15) is 5.69 Å². The van der Waals surface area contributed by atoms with Gasteiger partial charge in [0.05, 0.1) is 27.6 Å². The molecule has 2 aliphatic rings. The minimum atomic E-state index is -0.577. The number of nitro groups is 1. The molecule has 5 rings (SSSR count). The van der Waals surface area contributed by atoms with Crippen LogP contribution in [0.1, 0.15) is 44.9 Å². The molecule has 0 radical (unpaired) electrons. The number of hydrogen-bond donors (Lipinski definition) is 1. The van der Waals surface area contributed by atoms with Gasteiger partial charge in [0.25, 0.3) is 17.5 Å². The number of nitrogens with one attached hydrogen (secondary N) is 1. The number of imide groups is 1. The molecule has 0 bridgehead atoms. The first kappa shape index (κ1) is 18.3. The monoisotopic (exact) mass is 405 g/mol. The summed E-state index contributed by atoms with van der Waals surface area (Å²) in [7, 11) is 0. The van der Waals surface area contributed by atoms with Gasteiger partial charge < -0.3 is 4.90 Å². The number of aryl methyl sites for hydroxylation is 2. The summed E-state index contributed by atoms with van der Waals surface area (Å²) in [5, 5.41) is 19.9. The van der Waals surface area contributed by atoms with Crippen molar-refractivity contribution in [1.82, 2.24) is 10.2 Å². The van der Waals surface area contributed by atoms with Crippen LogP contribution in [0.2, 0.25) is 0 Å². The summed E-state index contributed by atoms with van der Waals surface area (Å²) < 4.78 is 0. The Morgan fingerprint density at radius 2 is 1.77 bits per heavy atom. The van der Waals surface area contributed by atoms with Crippen molar-refractivity contribution in [2.45, 2.75) is 26.7 Å². The molecule has 9 heteroatoms. The second kappa shape index (κ2) is 6.38. The normalized spacial score (nSPS) is 16.1. The Morgan fingerprint density at radius 3 is 2.40 bits per heavy atom. The Balaban J connectivity index is 1.83. The molecule has 3 heterocycles. The lowest BCUT2D eigenvalue weighted by Crippen LogP contribution is -2.41. The molecule has 152 valence electrons. The van der Waals surface area contributed by atoms with Crippen LogP contribution in [0.15, 0.2) is 24.3 Å². The standard InChI is InChI=1S/C21H19N5O4/c1-11-18(12(2)23-22-11)25-20(27)14-7-5-6-13-17(14)15(21(25)28)10-16(26(29)30)19(13)24-8-3-4-9-24/h5-7,10H,3-4,8-9H2,1-2H3,(H,22,23). The molecule has 1 saturated heterocycles. The van der Waals surface area contributed by atoms with Crippen LogP contribution in [-0.2, 0) is 0 Å². The number of carbonyl (C=O) groups excluding carboxylic acids is 2. The fraction of sp³-hybridized carbons (Fsp3) is 0.286. The lowest BCUT2D eigenvalue weighted by atomic mass is 9.91. The van der Waals surface area contributed by atoms with Gasteiger partial charge in [-0.2, -0.15) is 5.10 Å². The van der Waals surface area contributed by atoms with Crippen molar-refractivity contribution < 1.29 is 14.5 Å². The second-order valence-corrected chi connectivity index (χ2v) is 7.70. The molecule has 2 aromatic carbocycles. The first-order chi connectivity index (χ1) is 14.4. The molecule has 30 heavy (non-hydrogen) atoms. The highest BCUT2D eigenvalue weighted by atomic mass is 16.6. The highest BCUT2D eigenvalue weighted by Gasteiger charge is 2.39. The van der Waals surface area contributed by atoms with Gasteiger partial charge in [-0.25, -0.2) is 4.90 Å². The quantitative estimate of drug-likeness (QED) is 0.405. The third-order valence-electron chi connectivity index (χ3n) is 5.91. The molecule has 0 aliphatic carbocycles. The van der Waals surface area contributed by atoms with E-state index < -0.39 is 16.7 Å². The molecule has 2 amide bonds. The third kappa shape index (κ3) is 2.38. The van der Waals surface area contributed by atoms with E-state index in [0.717, 1.165) is 17.7 Å². The Labute approximate surface area is 171 Å². The SMILES string of the molecule is Cc1n[nH]c(C)c1N1C(=O)c2cccc3c(N4CCCC4)c([N+](=O)[O-])cc(c23)C1=O. The molecule has 0 atom stereocenters. The van der Waals surface area contributed by atoms with Crippen molar-refractivity contribution >= 4 is 39.6 Å². The summed E-state index contributed by atoms with van der Waals surface area (Å²) >= 11 is 0. The van der Waals surface area contributed by atoms with Crippen molar-refractivity contribution in [3.8, 4) is 0 Å². The van der Waals surface area contributed by atoms with Gasteiger partial charge in [0.15, 0.2) is 0 Å². The van der Waals surface area contributed by atoms with E-state index in [9.17, 15) is 19.7 Å². The maximum Gasteiger partial charge on any atom is 0.293 e. The number of aromatic amines is 1. The predicted molar refractivity (Wildman–Crippen MR) is 111 cm³/mol. The summed E-state index contributed by atoms with van der Waals surface area (Å²) in [5.74, 6) is -1.03. The molecule has 1 aromatic heterocycles. The maximum absolute atomic E-state index is 13.5. The summed E-state index contributed by atoms with van der Waals surface area (Å²) in [5.41, 5.74) is 2.37. The number of amides is 2. The van der Waals surface area contributed by atoms with E-state index >= 15 is 0 Å². The molecule has 1 N–H and O–H groups in total. The second-order valence-electron chi connectivity index (χ2n) is 7.70. The minimum Gasteiger partial charge on any atom is -0.365 e. The van der Waals surface area contributed by atoms with Crippen molar-refractivity contribution in [1.29, 1.82) is 0 Å². The number of H-pyrrole nitrogens is 1. The number of anilines is 2. The zero-order chi connectivity index (χ0) is 21.2. The number of carbonyl (C=O) groups is 2. The first-order valence-corrected chi connectivity index (χ1v) is 9.79. The Morgan fingerprint density at radius 1 is 1.07 bits per heavy atom.